The van der Waals surface area contributed by atoms with Crippen molar-refractivity contribution in [1.29, 1.82) is 0 Å². The molecule has 0 aliphatic carbocycles. The number of aryl methyl sites for hydroxylation is 1. The van der Waals surface area contributed by atoms with Crippen molar-refractivity contribution in [2.24, 2.45) is 7.05 Å². The van der Waals surface area contributed by atoms with Crippen LogP contribution in [0.15, 0.2) is 37.1 Å². The molecule has 2 aromatic heterocycles. The molecular formula is C19H27N5O2. The summed E-state index contributed by atoms with van der Waals surface area (Å²) in [6.07, 6.45) is 7.51. The molecular weight excluding hydrogens is 330 g/mol. The van der Waals surface area contributed by atoms with E-state index in [1.807, 2.05) is 32.0 Å². The lowest BCUT2D eigenvalue weighted by Gasteiger charge is -2.43. The molecule has 1 atom stereocenters. The van der Waals surface area contributed by atoms with Crippen LogP contribution in [0.4, 0.5) is 0 Å². The zero-order valence-corrected chi connectivity index (χ0v) is 15.4. The first kappa shape index (κ1) is 17.6. The van der Waals surface area contributed by atoms with Crippen LogP contribution in [-0.4, -0.2) is 75.9 Å². The predicted octanol–water partition coefficient (Wildman–Crippen LogP) is 0.919. The zero-order chi connectivity index (χ0) is 17.8. The predicted molar refractivity (Wildman–Crippen MR) is 97.5 cm³/mol. The minimum absolute atomic E-state index is 0.264. The lowest BCUT2D eigenvalue weighted by Crippen LogP contribution is -2.58. The van der Waals surface area contributed by atoms with Crippen molar-refractivity contribution in [2.45, 2.75) is 18.7 Å². The van der Waals surface area contributed by atoms with Crippen molar-refractivity contribution in [3.05, 3.63) is 48.3 Å². The standard InChI is InChI=1S/C19H27N5O2/c1-22-16-21-10-18(22)12-24-7-9-26-19(14-24)13-23(6-8-25-15-19)11-17-2-4-20-5-3-17/h2-5,10,16H,6-9,11-15H2,1H3/t19-/m1/s1. The Hall–Kier alpha value is -1.80. The maximum atomic E-state index is 6.29. The maximum absolute atomic E-state index is 6.29. The highest BCUT2D eigenvalue weighted by atomic mass is 16.5. The first-order chi connectivity index (χ1) is 12.7. The summed E-state index contributed by atoms with van der Waals surface area (Å²) in [5.74, 6) is 0. The molecule has 2 aromatic rings. The van der Waals surface area contributed by atoms with E-state index < -0.39 is 0 Å². The van der Waals surface area contributed by atoms with E-state index in [4.69, 9.17) is 9.47 Å². The molecule has 0 N–H and O–H groups in total. The van der Waals surface area contributed by atoms with Gasteiger partial charge in [-0.05, 0) is 17.7 Å². The Balaban J connectivity index is 1.44. The van der Waals surface area contributed by atoms with E-state index in [0.717, 1.165) is 52.5 Å². The Morgan fingerprint density at radius 3 is 2.58 bits per heavy atom. The highest BCUT2D eigenvalue weighted by molar-refractivity contribution is 5.10. The Morgan fingerprint density at radius 1 is 1.04 bits per heavy atom. The highest BCUT2D eigenvalue weighted by Crippen LogP contribution is 2.24. The summed E-state index contributed by atoms with van der Waals surface area (Å²) < 4.78 is 14.3. The van der Waals surface area contributed by atoms with Crippen LogP contribution in [0.1, 0.15) is 11.3 Å². The van der Waals surface area contributed by atoms with Gasteiger partial charge in [-0.3, -0.25) is 14.8 Å². The summed E-state index contributed by atoms with van der Waals surface area (Å²) in [6.45, 7) is 7.57. The molecule has 2 fully saturated rings. The normalized spacial score (nSPS) is 25.4. The van der Waals surface area contributed by atoms with Crippen LogP contribution in [0, 0.1) is 0 Å². The van der Waals surface area contributed by atoms with Crippen LogP contribution in [0.2, 0.25) is 0 Å². The molecule has 4 rings (SSSR count). The molecule has 0 saturated carbocycles. The molecule has 0 radical (unpaired) electrons. The number of imidazole rings is 1. The summed E-state index contributed by atoms with van der Waals surface area (Å²) >= 11 is 0. The molecule has 7 heteroatoms. The van der Waals surface area contributed by atoms with Gasteiger partial charge in [-0.25, -0.2) is 4.98 Å². The van der Waals surface area contributed by atoms with Crippen LogP contribution in [0.3, 0.4) is 0 Å². The molecule has 26 heavy (non-hydrogen) atoms. The number of aromatic nitrogens is 3. The Bertz CT molecular complexity index is 707. The Labute approximate surface area is 154 Å². The number of pyridine rings is 1. The SMILES string of the molecule is Cn1cncc1CN1CCO[C@@]2(COCCN(Cc3ccncc3)C2)C1. The highest BCUT2D eigenvalue weighted by Gasteiger charge is 2.40. The number of hydrogen-bond acceptors (Lipinski definition) is 6. The van der Waals surface area contributed by atoms with E-state index >= 15 is 0 Å². The number of nitrogens with zero attached hydrogens (tertiary/aromatic N) is 5. The second kappa shape index (κ2) is 7.84. The maximum Gasteiger partial charge on any atom is 0.117 e. The zero-order valence-electron chi connectivity index (χ0n) is 15.4. The van der Waals surface area contributed by atoms with Gasteiger partial charge in [0.1, 0.15) is 5.60 Å². The summed E-state index contributed by atoms with van der Waals surface area (Å²) in [6, 6.07) is 4.16. The van der Waals surface area contributed by atoms with E-state index in [9.17, 15) is 0 Å². The molecule has 4 heterocycles. The fraction of sp³-hybridized carbons (Fsp3) is 0.579. The Kier molecular flexibility index (Phi) is 5.31. The van der Waals surface area contributed by atoms with Crippen molar-refractivity contribution < 1.29 is 9.47 Å². The lowest BCUT2D eigenvalue weighted by atomic mass is 10.0. The van der Waals surface area contributed by atoms with Crippen molar-refractivity contribution in [3.63, 3.8) is 0 Å². The van der Waals surface area contributed by atoms with Crippen LogP contribution >= 0.6 is 0 Å². The van der Waals surface area contributed by atoms with Gasteiger partial charge in [-0.2, -0.15) is 0 Å². The molecule has 0 aromatic carbocycles. The van der Waals surface area contributed by atoms with Gasteiger partial charge < -0.3 is 14.0 Å². The monoisotopic (exact) mass is 357 g/mol. The van der Waals surface area contributed by atoms with Crippen LogP contribution in [0.25, 0.3) is 0 Å². The molecule has 0 bridgehead atoms. The van der Waals surface area contributed by atoms with Crippen molar-refractivity contribution in [1.82, 2.24) is 24.3 Å². The molecule has 7 nitrogen and oxygen atoms in total. The minimum atomic E-state index is -0.264. The first-order valence-corrected chi connectivity index (χ1v) is 9.23. The van der Waals surface area contributed by atoms with Gasteiger partial charge in [0.25, 0.3) is 0 Å². The largest absolute Gasteiger partial charge is 0.377 e. The van der Waals surface area contributed by atoms with Crippen molar-refractivity contribution in [3.8, 4) is 0 Å². The third-order valence-corrected chi connectivity index (χ3v) is 5.21. The van der Waals surface area contributed by atoms with Gasteiger partial charge in [0.15, 0.2) is 0 Å². The van der Waals surface area contributed by atoms with Crippen LogP contribution in [0.5, 0.6) is 0 Å². The fourth-order valence-corrected chi connectivity index (χ4v) is 3.87. The fourth-order valence-electron chi connectivity index (χ4n) is 3.87. The second-order valence-electron chi connectivity index (χ2n) is 7.36. The van der Waals surface area contributed by atoms with Gasteiger partial charge in [-0.1, -0.05) is 0 Å². The van der Waals surface area contributed by atoms with Gasteiger partial charge >= 0.3 is 0 Å². The number of rotatable bonds is 4. The molecule has 2 saturated heterocycles. The quantitative estimate of drug-likeness (QED) is 0.811. The molecule has 2 aliphatic heterocycles. The average Bonchev–Trinajstić information content (AvgIpc) is 2.94. The number of ether oxygens (including phenoxy) is 2. The van der Waals surface area contributed by atoms with E-state index in [-0.39, 0.29) is 5.60 Å². The number of hydrogen-bond donors (Lipinski definition) is 0. The van der Waals surface area contributed by atoms with Crippen LogP contribution < -0.4 is 0 Å². The topological polar surface area (TPSA) is 55.7 Å². The molecule has 0 amide bonds. The first-order valence-electron chi connectivity index (χ1n) is 9.23. The van der Waals surface area contributed by atoms with Gasteiger partial charge in [0, 0.05) is 64.9 Å². The number of morpholine rings is 1. The summed E-state index contributed by atoms with van der Waals surface area (Å²) in [4.78, 5) is 13.2. The molecule has 2 aliphatic rings. The van der Waals surface area contributed by atoms with Gasteiger partial charge in [0.2, 0.25) is 0 Å². The van der Waals surface area contributed by atoms with Crippen LogP contribution in [-0.2, 0) is 29.6 Å². The average molecular weight is 357 g/mol. The van der Waals surface area contributed by atoms with E-state index in [0.29, 0.717) is 6.61 Å². The van der Waals surface area contributed by atoms with E-state index in [2.05, 4.69) is 36.5 Å². The molecule has 1 spiro atoms. The summed E-state index contributed by atoms with van der Waals surface area (Å²) in [5.41, 5.74) is 2.24. The minimum Gasteiger partial charge on any atom is -0.377 e. The third-order valence-electron chi connectivity index (χ3n) is 5.21. The van der Waals surface area contributed by atoms with Gasteiger partial charge in [-0.15, -0.1) is 0 Å². The third kappa shape index (κ3) is 4.12. The summed E-state index contributed by atoms with van der Waals surface area (Å²) in [5, 5.41) is 0. The Morgan fingerprint density at radius 2 is 1.81 bits per heavy atom. The lowest BCUT2D eigenvalue weighted by molar-refractivity contribution is -0.143. The summed E-state index contributed by atoms with van der Waals surface area (Å²) in [7, 11) is 2.05. The molecule has 140 valence electrons. The van der Waals surface area contributed by atoms with Crippen molar-refractivity contribution in [2.75, 3.05) is 46.0 Å². The van der Waals surface area contributed by atoms with E-state index in [1.54, 1.807) is 0 Å². The van der Waals surface area contributed by atoms with Crippen molar-refractivity contribution >= 4 is 0 Å². The van der Waals surface area contributed by atoms with Gasteiger partial charge in [0.05, 0.1) is 31.8 Å². The second-order valence-corrected chi connectivity index (χ2v) is 7.36. The molecule has 0 unspecified atom stereocenters. The smallest absolute Gasteiger partial charge is 0.117 e. The van der Waals surface area contributed by atoms with E-state index in [1.165, 1.54) is 11.3 Å².